The molecule has 2 aromatic rings. The monoisotopic (exact) mass is 450 g/mol. The van der Waals surface area contributed by atoms with Crippen LogP contribution in [0.4, 0.5) is 0 Å². The number of nitrogens with zero attached hydrogens (tertiary/aromatic N) is 1. The molecule has 0 aromatic heterocycles. The average Bonchev–Trinajstić information content (AvgIpc) is 2.79. The molecule has 0 aliphatic carbocycles. The normalized spacial score (nSPS) is 12.5. The zero-order valence-corrected chi connectivity index (χ0v) is 21.4. The van der Waals surface area contributed by atoms with Gasteiger partial charge in [-0.2, -0.15) is 0 Å². The van der Waals surface area contributed by atoms with Crippen molar-refractivity contribution in [3.63, 3.8) is 0 Å². The molecule has 2 rings (SSSR count). The minimum atomic E-state index is -0.441. The van der Waals surface area contributed by atoms with Crippen molar-refractivity contribution >= 4 is 11.8 Å². The van der Waals surface area contributed by atoms with Crippen LogP contribution in [0.15, 0.2) is 54.6 Å². The Balaban J connectivity index is 2.11. The molecule has 0 heterocycles. The highest BCUT2D eigenvalue weighted by molar-refractivity contribution is 5.87. The molecule has 0 radical (unpaired) electrons. The van der Waals surface area contributed by atoms with Gasteiger partial charge in [0.25, 0.3) is 0 Å². The van der Waals surface area contributed by atoms with Crippen molar-refractivity contribution in [3.05, 3.63) is 71.3 Å². The third-order valence-corrected chi connectivity index (χ3v) is 6.00. The number of amides is 2. The van der Waals surface area contributed by atoms with Gasteiger partial charge in [-0.1, -0.05) is 96.1 Å². The van der Waals surface area contributed by atoms with Gasteiger partial charge in [-0.05, 0) is 47.3 Å². The Morgan fingerprint density at radius 1 is 0.909 bits per heavy atom. The van der Waals surface area contributed by atoms with Crippen molar-refractivity contribution in [3.8, 4) is 0 Å². The van der Waals surface area contributed by atoms with E-state index in [9.17, 15) is 9.59 Å². The van der Waals surface area contributed by atoms with Crippen LogP contribution in [0.5, 0.6) is 0 Å². The molecule has 0 unspecified atom stereocenters. The van der Waals surface area contributed by atoms with E-state index in [0.29, 0.717) is 38.3 Å². The van der Waals surface area contributed by atoms with Gasteiger partial charge in [0.1, 0.15) is 6.04 Å². The van der Waals surface area contributed by atoms with Crippen molar-refractivity contribution in [1.29, 1.82) is 0 Å². The topological polar surface area (TPSA) is 49.4 Å². The van der Waals surface area contributed by atoms with Crippen LogP contribution in [0.2, 0.25) is 0 Å². The molecule has 0 spiro atoms. The Bertz CT molecular complexity index is 867. The molecule has 180 valence electrons. The van der Waals surface area contributed by atoms with E-state index >= 15 is 0 Å². The van der Waals surface area contributed by atoms with E-state index in [1.54, 1.807) is 4.90 Å². The van der Waals surface area contributed by atoms with Crippen molar-refractivity contribution in [2.75, 3.05) is 13.1 Å². The Kier molecular flexibility index (Phi) is 10.1. The predicted octanol–water partition coefficient (Wildman–Crippen LogP) is 5.54. The molecule has 0 saturated carbocycles. The average molecular weight is 451 g/mol. The predicted molar refractivity (Wildman–Crippen MR) is 137 cm³/mol. The first-order valence-corrected chi connectivity index (χ1v) is 12.3. The van der Waals surface area contributed by atoms with Gasteiger partial charge >= 0.3 is 0 Å². The first-order chi connectivity index (χ1) is 15.6. The highest BCUT2D eigenvalue weighted by Crippen LogP contribution is 2.22. The molecule has 1 N–H and O–H groups in total. The van der Waals surface area contributed by atoms with E-state index in [1.807, 2.05) is 25.1 Å². The number of nitrogens with one attached hydrogen (secondary N) is 1. The van der Waals surface area contributed by atoms with Crippen LogP contribution in [0, 0.1) is 5.92 Å². The maximum absolute atomic E-state index is 13.4. The zero-order chi connectivity index (χ0) is 24.4. The van der Waals surface area contributed by atoms with E-state index < -0.39 is 6.04 Å². The standard InChI is InChI=1S/C29H42N2O2/c1-7-26(28(33)30-21-22(2)3)31(20-19-23-11-9-8-10-12-23)27(32)18-15-24-13-16-25(17-14-24)29(4,5)6/h8-14,16-17,22,26H,7,15,18-21H2,1-6H3,(H,30,33)/t26-/m0/s1. The summed E-state index contributed by atoms with van der Waals surface area (Å²) in [6, 6.07) is 18.3. The molecule has 4 heteroatoms. The SMILES string of the molecule is CC[C@@H](C(=O)NCC(C)C)N(CCc1ccccc1)C(=O)CCc1ccc(C(C)(C)C)cc1. The van der Waals surface area contributed by atoms with Gasteiger partial charge in [-0.3, -0.25) is 9.59 Å². The maximum Gasteiger partial charge on any atom is 0.242 e. The quantitative estimate of drug-likeness (QED) is 0.489. The molecule has 0 aliphatic rings. The second-order valence-corrected chi connectivity index (χ2v) is 10.3. The lowest BCUT2D eigenvalue weighted by atomic mass is 9.86. The molecule has 0 fully saturated rings. The molecule has 4 nitrogen and oxygen atoms in total. The van der Waals surface area contributed by atoms with Gasteiger partial charge in [0.2, 0.25) is 11.8 Å². The fraction of sp³-hybridized carbons (Fsp3) is 0.517. The van der Waals surface area contributed by atoms with Crippen LogP contribution in [-0.4, -0.2) is 35.8 Å². The van der Waals surface area contributed by atoms with E-state index in [0.717, 1.165) is 12.0 Å². The summed E-state index contributed by atoms with van der Waals surface area (Å²) in [5.74, 6) is 0.357. The van der Waals surface area contributed by atoms with Gasteiger partial charge < -0.3 is 10.2 Å². The van der Waals surface area contributed by atoms with Crippen molar-refractivity contribution in [2.24, 2.45) is 5.92 Å². The third kappa shape index (κ3) is 8.68. The van der Waals surface area contributed by atoms with Crippen LogP contribution < -0.4 is 5.32 Å². The van der Waals surface area contributed by atoms with E-state index in [2.05, 4.69) is 76.3 Å². The minimum Gasteiger partial charge on any atom is -0.354 e. The van der Waals surface area contributed by atoms with Crippen LogP contribution in [-0.2, 0) is 27.8 Å². The highest BCUT2D eigenvalue weighted by atomic mass is 16.2. The molecular formula is C29H42N2O2. The number of carbonyl (C=O) groups is 2. The number of aryl methyl sites for hydroxylation is 1. The molecule has 1 atom stereocenters. The first-order valence-electron chi connectivity index (χ1n) is 12.3. The number of hydrogen-bond donors (Lipinski definition) is 1. The van der Waals surface area contributed by atoms with Crippen LogP contribution in [0.1, 0.15) is 71.1 Å². The van der Waals surface area contributed by atoms with Crippen LogP contribution in [0.3, 0.4) is 0 Å². The lowest BCUT2D eigenvalue weighted by molar-refractivity contribution is -0.140. The molecule has 0 bridgehead atoms. The summed E-state index contributed by atoms with van der Waals surface area (Å²) < 4.78 is 0. The minimum absolute atomic E-state index is 0.0392. The lowest BCUT2D eigenvalue weighted by Crippen LogP contribution is -2.50. The van der Waals surface area contributed by atoms with Crippen molar-refractivity contribution in [2.45, 2.75) is 78.7 Å². The van der Waals surface area contributed by atoms with Gasteiger partial charge in [-0.15, -0.1) is 0 Å². The summed E-state index contributed by atoms with van der Waals surface area (Å²) in [6.07, 6.45) is 2.41. The lowest BCUT2D eigenvalue weighted by Gasteiger charge is -2.31. The smallest absolute Gasteiger partial charge is 0.242 e. The summed E-state index contributed by atoms with van der Waals surface area (Å²) in [5, 5.41) is 3.03. The Morgan fingerprint density at radius 2 is 1.52 bits per heavy atom. The van der Waals surface area contributed by atoms with Crippen LogP contribution in [0.25, 0.3) is 0 Å². The van der Waals surface area contributed by atoms with Crippen molar-refractivity contribution in [1.82, 2.24) is 10.2 Å². The number of hydrogen-bond acceptors (Lipinski definition) is 2. The summed E-state index contributed by atoms with van der Waals surface area (Å²) in [4.78, 5) is 28.1. The zero-order valence-electron chi connectivity index (χ0n) is 21.4. The van der Waals surface area contributed by atoms with E-state index in [1.165, 1.54) is 11.1 Å². The Morgan fingerprint density at radius 3 is 2.06 bits per heavy atom. The molecule has 0 aliphatic heterocycles. The Labute approximate surface area is 200 Å². The summed E-state index contributed by atoms with van der Waals surface area (Å²) in [7, 11) is 0. The summed E-state index contributed by atoms with van der Waals surface area (Å²) >= 11 is 0. The fourth-order valence-electron chi connectivity index (χ4n) is 3.88. The van der Waals surface area contributed by atoms with E-state index in [4.69, 9.17) is 0 Å². The fourth-order valence-corrected chi connectivity index (χ4v) is 3.88. The summed E-state index contributed by atoms with van der Waals surface area (Å²) in [6.45, 7) is 13.9. The van der Waals surface area contributed by atoms with E-state index in [-0.39, 0.29) is 17.2 Å². The Hall–Kier alpha value is -2.62. The second-order valence-electron chi connectivity index (χ2n) is 10.3. The molecule has 2 amide bonds. The summed E-state index contributed by atoms with van der Waals surface area (Å²) in [5.41, 5.74) is 3.72. The first kappa shape index (κ1) is 26.6. The second kappa shape index (κ2) is 12.6. The van der Waals surface area contributed by atoms with Crippen molar-refractivity contribution < 1.29 is 9.59 Å². The van der Waals surface area contributed by atoms with Gasteiger partial charge in [0.05, 0.1) is 0 Å². The maximum atomic E-state index is 13.4. The molecular weight excluding hydrogens is 408 g/mol. The highest BCUT2D eigenvalue weighted by Gasteiger charge is 2.28. The largest absolute Gasteiger partial charge is 0.354 e. The number of benzene rings is 2. The molecule has 0 saturated heterocycles. The van der Waals surface area contributed by atoms with Gasteiger partial charge in [-0.25, -0.2) is 0 Å². The van der Waals surface area contributed by atoms with Gasteiger partial charge in [0.15, 0.2) is 0 Å². The van der Waals surface area contributed by atoms with Gasteiger partial charge in [0, 0.05) is 19.5 Å². The number of rotatable bonds is 11. The number of carbonyl (C=O) groups excluding carboxylic acids is 2. The molecule has 2 aromatic carbocycles. The van der Waals surface area contributed by atoms with Crippen LogP contribution >= 0.6 is 0 Å². The third-order valence-electron chi connectivity index (χ3n) is 6.00. The molecule has 33 heavy (non-hydrogen) atoms.